The number of carbonyl (C=O) groups excluding carboxylic acids is 2. The fourth-order valence-corrected chi connectivity index (χ4v) is 3.50. The second-order valence-electron chi connectivity index (χ2n) is 7.42. The summed E-state index contributed by atoms with van der Waals surface area (Å²) in [6.45, 7) is 8.33. The molecule has 1 heterocycles. The molecule has 144 valence electrons. The highest BCUT2D eigenvalue weighted by Crippen LogP contribution is 2.23. The lowest BCUT2D eigenvalue weighted by atomic mass is 9.97. The van der Waals surface area contributed by atoms with Crippen molar-refractivity contribution in [3.63, 3.8) is 0 Å². The predicted molar refractivity (Wildman–Crippen MR) is 103 cm³/mol. The molecule has 26 heavy (non-hydrogen) atoms. The van der Waals surface area contributed by atoms with Gasteiger partial charge in [-0.05, 0) is 70.7 Å². The van der Waals surface area contributed by atoms with Crippen LogP contribution in [-0.2, 0) is 4.79 Å². The summed E-state index contributed by atoms with van der Waals surface area (Å²) in [5.41, 5.74) is 0.629. The third kappa shape index (κ3) is 4.77. The fourth-order valence-electron chi connectivity index (χ4n) is 3.50. The van der Waals surface area contributed by atoms with Gasteiger partial charge in [0.25, 0.3) is 11.8 Å². The zero-order valence-electron chi connectivity index (χ0n) is 16.7. The summed E-state index contributed by atoms with van der Waals surface area (Å²) in [6, 6.07) is 7.77. The number of nitrogens with zero attached hydrogens (tertiary/aromatic N) is 2. The van der Waals surface area contributed by atoms with E-state index in [1.54, 1.807) is 29.2 Å². The summed E-state index contributed by atoms with van der Waals surface area (Å²) in [4.78, 5) is 28.6. The first-order valence-corrected chi connectivity index (χ1v) is 9.66. The Bertz CT molecular complexity index is 604. The van der Waals surface area contributed by atoms with Crippen LogP contribution in [0.25, 0.3) is 0 Å². The third-order valence-electron chi connectivity index (χ3n) is 5.52. The highest BCUT2D eigenvalue weighted by molar-refractivity contribution is 5.94. The molecule has 0 aromatic heterocycles. The molecule has 1 aromatic rings. The second kappa shape index (κ2) is 9.06. The van der Waals surface area contributed by atoms with Crippen LogP contribution in [0, 0.1) is 0 Å². The van der Waals surface area contributed by atoms with Gasteiger partial charge < -0.3 is 14.5 Å². The maximum Gasteiger partial charge on any atom is 0.260 e. The van der Waals surface area contributed by atoms with Gasteiger partial charge in [-0.1, -0.05) is 6.92 Å². The van der Waals surface area contributed by atoms with E-state index in [1.807, 2.05) is 18.9 Å². The van der Waals surface area contributed by atoms with E-state index in [9.17, 15) is 9.59 Å². The molecule has 0 spiro atoms. The Balaban J connectivity index is 1.93. The van der Waals surface area contributed by atoms with Crippen LogP contribution in [0.3, 0.4) is 0 Å². The van der Waals surface area contributed by atoms with Crippen LogP contribution in [0.4, 0.5) is 0 Å². The summed E-state index contributed by atoms with van der Waals surface area (Å²) in [7, 11) is 1.82. The van der Waals surface area contributed by atoms with Crippen LogP contribution in [0.5, 0.6) is 5.75 Å². The molecule has 1 aliphatic heterocycles. The quantitative estimate of drug-likeness (QED) is 0.777. The van der Waals surface area contributed by atoms with Crippen molar-refractivity contribution in [2.75, 3.05) is 13.7 Å². The number of hydrogen-bond acceptors (Lipinski definition) is 3. The predicted octanol–water partition coefficient (Wildman–Crippen LogP) is 3.73. The largest absolute Gasteiger partial charge is 0.484 e. The summed E-state index contributed by atoms with van der Waals surface area (Å²) < 4.78 is 5.67. The van der Waals surface area contributed by atoms with Gasteiger partial charge >= 0.3 is 0 Å². The Morgan fingerprint density at radius 3 is 2.31 bits per heavy atom. The number of benzene rings is 1. The highest BCUT2D eigenvalue weighted by Gasteiger charge is 2.29. The van der Waals surface area contributed by atoms with Gasteiger partial charge in [-0.25, -0.2) is 0 Å². The standard InChI is InChI=1S/C21H32N2O3/c1-6-15(2)22(5)21(25)18-10-12-19(13-11-18)26-14-20(24)23-16(3)8-7-9-17(23)4/h10-13,15-17H,6-9,14H2,1-5H3. The van der Waals surface area contributed by atoms with Crippen molar-refractivity contribution in [2.24, 2.45) is 0 Å². The highest BCUT2D eigenvalue weighted by atomic mass is 16.5. The molecule has 0 saturated carbocycles. The Morgan fingerprint density at radius 1 is 1.19 bits per heavy atom. The lowest BCUT2D eigenvalue weighted by molar-refractivity contribution is -0.139. The van der Waals surface area contributed by atoms with E-state index in [1.165, 1.54) is 6.42 Å². The zero-order chi connectivity index (χ0) is 19.3. The van der Waals surface area contributed by atoms with Crippen LogP contribution in [0.2, 0.25) is 0 Å². The van der Waals surface area contributed by atoms with Crippen LogP contribution >= 0.6 is 0 Å². The molecule has 5 heteroatoms. The summed E-state index contributed by atoms with van der Waals surface area (Å²) in [5, 5.41) is 0. The molecule has 1 saturated heterocycles. The SMILES string of the molecule is CCC(C)N(C)C(=O)c1ccc(OCC(=O)N2C(C)CCCC2C)cc1. The van der Waals surface area contributed by atoms with Crippen molar-refractivity contribution in [2.45, 2.75) is 71.5 Å². The summed E-state index contributed by atoms with van der Waals surface area (Å²) in [5.74, 6) is 0.637. The lowest BCUT2D eigenvalue weighted by Crippen LogP contribution is -2.49. The van der Waals surface area contributed by atoms with Crippen molar-refractivity contribution >= 4 is 11.8 Å². The van der Waals surface area contributed by atoms with Crippen LogP contribution in [0.15, 0.2) is 24.3 Å². The summed E-state index contributed by atoms with van der Waals surface area (Å²) in [6.07, 6.45) is 4.19. The zero-order valence-corrected chi connectivity index (χ0v) is 16.7. The molecule has 3 unspecified atom stereocenters. The molecular formula is C21H32N2O3. The first-order valence-electron chi connectivity index (χ1n) is 9.66. The number of rotatable bonds is 6. The first kappa shape index (κ1) is 20.3. The number of amides is 2. The van der Waals surface area contributed by atoms with Crippen LogP contribution in [-0.4, -0.2) is 53.4 Å². The average molecular weight is 360 g/mol. The van der Waals surface area contributed by atoms with Crippen LogP contribution in [0.1, 0.15) is 63.7 Å². The van der Waals surface area contributed by atoms with E-state index < -0.39 is 0 Å². The van der Waals surface area contributed by atoms with E-state index in [4.69, 9.17) is 4.74 Å². The summed E-state index contributed by atoms with van der Waals surface area (Å²) >= 11 is 0. The minimum Gasteiger partial charge on any atom is -0.484 e. The van der Waals surface area contributed by atoms with Gasteiger partial charge in [0.2, 0.25) is 0 Å². The molecule has 5 nitrogen and oxygen atoms in total. The molecule has 3 atom stereocenters. The van der Waals surface area contributed by atoms with Crippen molar-refractivity contribution in [3.8, 4) is 5.75 Å². The maximum atomic E-state index is 12.5. The van der Waals surface area contributed by atoms with Crippen molar-refractivity contribution in [3.05, 3.63) is 29.8 Å². The lowest BCUT2D eigenvalue weighted by Gasteiger charge is -2.38. The number of piperidine rings is 1. The van der Waals surface area contributed by atoms with E-state index in [2.05, 4.69) is 20.8 Å². The molecule has 1 fully saturated rings. The van der Waals surface area contributed by atoms with Gasteiger partial charge in [-0.2, -0.15) is 0 Å². The molecule has 2 rings (SSSR count). The first-order chi connectivity index (χ1) is 12.3. The van der Waals surface area contributed by atoms with E-state index in [0.717, 1.165) is 19.3 Å². The van der Waals surface area contributed by atoms with Crippen molar-refractivity contribution < 1.29 is 14.3 Å². The van der Waals surface area contributed by atoms with Gasteiger partial charge in [-0.15, -0.1) is 0 Å². The van der Waals surface area contributed by atoms with E-state index >= 15 is 0 Å². The smallest absolute Gasteiger partial charge is 0.260 e. The number of hydrogen-bond donors (Lipinski definition) is 0. The molecular weight excluding hydrogens is 328 g/mol. The average Bonchev–Trinajstić information content (AvgIpc) is 2.64. The third-order valence-corrected chi connectivity index (χ3v) is 5.52. The van der Waals surface area contributed by atoms with E-state index in [-0.39, 0.29) is 36.5 Å². The second-order valence-corrected chi connectivity index (χ2v) is 7.42. The number of carbonyl (C=O) groups is 2. The topological polar surface area (TPSA) is 49.9 Å². The van der Waals surface area contributed by atoms with Gasteiger partial charge in [0.05, 0.1) is 0 Å². The monoisotopic (exact) mass is 360 g/mol. The maximum absolute atomic E-state index is 12.5. The Labute approximate surface area is 157 Å². The van der Waals surface area contributed by atoms with Gasteiger partial charge in [0.1, 0.15) is 5.75 Å². The Hall–Kier alpha value is -2.04. The number of likely N-dealkylation sites (tertiary alicyclic amines) is 1. The van der Waals surface area contributed by atoms with Crippen molar-refractivity contribution in [1.29, 1.82) is 0 Å². The Morgan fingerprint density at radius 2 is 1.77 bits per heavy atom. The van der Waals surface area contributed by atoms with Gasteiger partial charge in [-0.3, -0.25) is 9.59 Å². The minimum absolute atomic E-state index is 0.00190. The fraction of sp³-hybridized carbons (Fsp3) is 0.619. The minimum atomic E-state index is -0.00190. The normalized spacial score (nSPS) is 21.2. The Kier molecular flexibility index (Phi) is 7.06. The number of ether oxygens (including phenoxy) is 1. The van der Waals surface area contributed by atoms with Gasteiger partial charge in [0, 0.05) is 30.7 Å². The molecule has 1 aromatic carbocycles. The van der Waals surface area contributed by atoms with E-state index in [0.29, 0.717) is 11.3 Å². The molecule has 0 radical (unpaired) electrons. The van der Waals surface area contributed by atoms with Gasteiger partial charge in [0.15, 0.2) is 6.61 Å². The molecule has 0 N–H and O–H groups in total. The molecule has 0 aliphatic carbocycles. The van der Waals surface area contributed by atoms with Crippen molar-refractivity contribution in [1.82, 2.24) is 9.80 Å². The molecule has 1 aliphatic rings. The van der Waals surface area contributed by atoms with Crippen LogP contribution < -0.4 is 4.74 Å². The molecule has 2 amide bonds. The molecule has 0 bridgehead atoms.